The zero-order valence-corrected chi connectivity index (χ0v) is 10.3. The highest BCUT2D eigenvalue weighted by Crippen LogP contribution is 2.13. The minimum atomic E-state index is -2.60. The van der Waals surface area contributed by atoms with Gasteiger partial charge < -0.3 is 0 Å². The van der Waals surface area contributed by atoms with Gasteiger partial charge >= 0.3 is 6.55 Å². The van der Waals surface area contributed by atoms with Crippen molar-refractivity contribution in [2.24, 2.45) is 0 Å². The van der Waals surface area contributed by atoms with Crippen LogP contribution in [-0.4, -0.2) is 30.4 Å². The van der Waals surface area contributed by atoms with Gasteiger partial charge in [-0.25, -0.2) is 9.67 Å². The Kier molecular flexibility index (Phi) is 4.24. The molecule has 0 aliphatic carbocycles. The van der Waals surface area contributed by atoms with Crippen LogP contribution >= 0.6 is 11.6 Å². The summed E-state index contributed by atoms with van der Waals surface area (Å²) < 4.78 is 27.5. The zero-order valence-electron chi connectivity index (χ0n) is 9.51. The lowest BCUT2D eigenvalue weighted by atomic mass is 10.3. The maximum absolute atomic E-state index is 12.6. The van der Waals surface area contributed by atoms with E-state index in [1.807, 2.05) is 0 Å². The molecule has 2 heterocycles. The van der Waals surface area contributed by atoms with E-state index < -0.39 is 6.55 Å². The molecule has 98 valence electrons. The number of aryl methyl sites for hydroxylation is 1. The average molecular weight is 276 g/mol. The van der Waals surface area contributed by atoms with Gasteiger partial charge in [0.15, 0.2) is 0 Å². The molecule has 0 saturated carbocycles. The van der Waals surface area contributed by atoms with Crippen LogP contribution in [0, 0.1) is 0 Å². The molecule has 18 heavy (non-hydrogen) atoms. The van der Waals surface area contributed by atoms with Crippen molar-refractivity contribution in [2.75, 3.05) is 5.88 Å². The maximum Gasteiger partial charge on any atom is 0.319 e. The average Bonchev–Trinajstić information content (AvgIpc) is 2.96. The molecule has 0 unspecified atom stereocenters. The molecule has 0 fully saturated rings. The molecular weight excluding hydrogens is 264 g/mol. The summed E-state index contributed by atoms with van der Waals surface area (Å²) >= 11 is 5.58. The monoisotopic (exact) mass is 275 g/mol. The van der Waals surface area contributed by atoms with E-state index in [1.54, 1.807) is 6.20 Å². The third-order valence-corrected chi connectivity index (χ3v) is 2.68. The Morgan fingerprint density at radius 1 is 1.39 bits per heavy atom. The van der Waals surface area contributed by atoms with Gasteiger partial charge in [0, 0.05) is 24.5 Å². The van der Waals surface area contributed by atoms with Crippen LogP contribution in [0.5, 0.6) is 0 Å². The second-order valence-corrected chi connectivity index (χ2v) is 4.11. The quantitative estimate of drug-likeness (QED) is 0.759. The Balaban J connectivity index is 2.04. The summed E-state index contributed by atoms with van der Waals surface area (Å²) in [4.78, 5) is 3.88. The largest absolute Gasteiger partial charge is 0.319 e. The first-order valence-electron chi connectivity index (χ1n) is 5.45. The summed E-state index contributed by atoms with van der Waals surface area (Å²) in [5.74, 6) is 0.807. The van der Waals surface area contributed by atoms with Gasteiger partial charge in [0.25, 0.3) is 0 Å². The van der Waals surface area contributed by atoms with E-state index in [0.717, 1.165) is 23.1 Å². The molecular formula is C10H12ClF2N5. The minimum absolute atomic E-state index is 0.172. The summed E-state index contributed by atoms with van der Waals surface area (Å²) in [6.45, 7) is -2.42. The van der Waals surface area contributed by atoms with Crippen molar-refractivity contribution in [3.05, 3.63) is 30.1 Å². The molecule has 0 saturated heterocycles. The van der Waals surface area contributed by atoms with Crippen molar-refractivity contribution in [1.82, 2.24) is 24.5 Å². The highest BCUT2D eigenvalue weighted by atomic mass is 35.5. The first-order chi connectivity index (χ1) is 8.70. The van der Waals surface area contributed by atoms with Crippen LogP contribution in [0.2, 0.25) is 0 Å². The van der Waals surface area contributed by atoms with E-state index in [9.17, 15) is 8.78 Å². The Labute approximate surface area is 107 Å². The first kappa shape index (κ1) is 12.9. The van der Waals surface area contributed by atoms with Crippen molar-refractivity contribution < 1.29 is 8.78 Å². The fraction of sp³-hybridized carbons (Fsp3) is 0.500. The number of imidazole rings is 1. The lowest BCUT2D eigenvalue weighted by Gasteiger charge is -2.05. The third-order valence-electron chi connectivity index (χ3n) is 2.42. The Bertz CT molecular complexity index is 496. The summed E-state index contributed by atoms with van der Waals surface area (Å²) in [7, 11) is 0. The van der Waals surface area contributed by atoms with Gasteiger partial charge in [-0.05, 0) is 12.8 Å². The molecule has 0 amide bonds. The Hall–Kier alpha value is -1.50. The van der Waals surface area contributed by atoms with Crippen LogP contribution in [0.3, 0.4) is 0 Å². The molecule has 0 aromatic carbocycles. The van der Waals surface area contributed by atoms with Crippen molar-refractivity contribution in [3.63, 3.8) is 0 Å². The number of rotatable bonds is 6. The van der Waals surface area contributed by atoms with Crippen LogP contribution in [0.15, 0.2) is 18.6 Å². The van der Waals surface area contributed by atoms with Crippen LogP contribution in [0.4, 0.5) is 8.78 Å². The van der Waals surface area contributed by atoms with Gasteiger partial charge in [0.05, 0.1) is 5.69 Å². The third kappa shape index (κ3) is 3.04. The maximum atomic E-state index is 12.6. The van der Waals surface area contributed by atoms with Crippen LogP contribution < -0.4 is 0 Å². The molecule has 0 bridgehead atoms. The van der Waals surface area contributed by atoms with E-state index in [-0.39, 0.29) is 12.4 Å². The predicted octanol–water partition coefficient (Wildman–Crippen LogP) is 2.09. The number of halogens is 3. The molecule has 0 radical (unpaired) electrons. The van der Waals surface area contributed by atoms with Crippen LogP contribution in [0.1, 0.15) is 24.5 Å². The van der Waals surface area contributed by atoms with Gasteiger partial charge in [-0.1, -0.05) is 5.21 Å². The number of hydrogen-bond acceptors (Lipinski definition) is 3. The molecule has 5 nitrogen and oxygen atoms in total. The number of alkyl halides is 3. The molecule has 8 heteroatoms. The smallest absolute Gasteiger partial charge is 0.276 e. The SMILES string of the molecule is FC(F)n1ccnc1Cn1cc(CCCCl)nn1. The highest BCUT2D eigenvalue weighted by molar-refractivity contribution is 6.17. The molecule has 0 atom stereocenters. The molecule has 0 spiro atoms. The second kappa shape index (κ2) is 5.90. The second-order valence-electron chi connectivity index (χ2n) is 3.73. The van der Waals surface area contributed by atoms with Gasteiger partial charge in [-0.2, -0.15) is 8.78 Å². The van der Waals surface area contributed by atoms with Crippen molar-refractivity contribution >= 4 is 11.6 Å². The fourth-order valence-corrected chi connectivity index (χ4v) is 1.70. The number of hydrogen-bond donors (Lipinski definition) is 0. The van der Waals surface area contributed by atoms with E-state index in [2.05, 4.69) is 15.3 Å². The van der Waals surface area contributed by atoms with Crippen LogP contribution in [-0.2, 0) is 13.0 Å². The van der Waals surface area contributed by atoms with Crippen molar-refractivity contribution in [2.45, 2.75) is 25.9 Å². The molecule has 0 aliphatic rings. The first-order valence-corrected chi connectivity index (χ1v) is 5.99. The lowest BCUT2D eigenvalue weighted by molar-refractivity contribution is 0.0665. The van der Waals surface area contributed by atoms with Crippen LogP contribution in [0.25, 0.3) is 0 Å². The van der Waals surface area contributed by atoms with Gasteiger partial charge in [-0.3, -0.25) is 4.57 Å². The predicted molar refractivity (Wildman–Crippen MR) is 61.6 cm³/mol. The number of aromatic nitrogens is 5. The summed E-state index contributed by atoms with van der Waals surface area (Å²) in [6.07, 6.45) is 5.84. The summed E-state index contributed by atoms with van der Waals surface area (Å²) in [5, 5.41) is 7.81. The van der Waals surface area contributed by atoms with Crippen molar-refractivity contribution in [1.29, 1.82) is 0 Å². The van der Waals surface area contributed by atoms with Gasteiger partial charge in [0.1, 0.15) is 12.4 Å². The summed E-state index contributed by atoms with van der Waals surface area (Å²) in [5.41, 5.74) is 0.797. The normalized spacial score (nSPS) is 11.3. The fourth-order valence-electron chi connectivity index (χ4n) is 1.57. The topological polar surface area (TPSA) is 48.5 Å². The highest BCUT2D eigenvalue weighted by Gasteiger charge is 2.12. The molecule has 2 aromatic heterocycles. The molecule has 0 N–H and O–H groups in total. The molecule has 2 rings (SSSR count). The Morgan fingerprint density at radius 3 is 2.94 bits per heavy atom. The van der Waals surface area contributed by atoms with E-state index >= 15 is 0 Å². The van der Waals surface area contributed by atoms with Gasteiger partial charge in [0.2, 0.25) is 0 Å². The van der Waals surface area contributed by atoms with Crippen molar-refractivity contribution in [3.8, 4) is 0 Å². The number of nitrogens with zero attached hydrogens (tertiary/aromatic N) is 5. The summed E-state index contributed by atoms with van der Waals surface area (Å²) in [6, 6.07) is 0. The van der Waals surface area contributed by atoms with E-state index in [1.165, 1.54) is 17.1 Å². The van der Waals surface area contributed by atoms with Gasteiger partial charge in [-0.15, -0.1) is 16.7 Å². The Morgan fingerprint density at radius 2 is 2.22 bits per heavy atom. The zero-order chi connectivity index (χ0) is 13.0. The van der Waals surface area contributed by atoms with E-state index in [4.69, 9.17) is 11.6 Å². The van der Waals surface area contributed by atoms with E-state index in [0.29, 0.717) is 5.88 Å². The lowest BCUT2D eigenvalue weighted by Crippen LogP contribution is -2.09. The molecule has 2 aromatic rings. The standard InChI is InChI=1S/C10H12ClF2N5/c11-3-1-2-8-6-17(16-15-8)7-9-14-4-5-18(9)10(12)13/h4-6,10H,1-3,7H2. The molecule has 0 aliphatic heterocycles. The minimum Gasteiger partial charge on any atom is -0.276 e.